The van der Waals surface area contributed by atoms with Crippen molar-refractivity contribution >= 4 is 0 Å². The van der Waals surface area contributed by atoms with E-state index in [9.17, 15) is 0 Å². The molecule has 2 nitrogen and oxygen atoms in total. The van der Waals surface area contributed by atoms with Crippen LogP contribution in [-0.4, -0.2) is 26.3 Å². The second-order valence-corrected chi connectivity index (χ2v) is 6.87. The minimum Gasteiger partial charge on any atom is -0.385 e. The molecule has 0 spiro atoms. The van der Waals surface area contributed by atoms with Crippen molar-refractivity contribution in [1.82, 2.24) is 5.32 Å². The van der Waals surface area contributed by atoms with E-state index in [0.717, 1.165) is 18.6 Å². The first-order chi connectivity index (χ1) is 8.55. The summed E-state index contributed by atoms with van der Waals surface area (Å²) < 4.78 is 5.08. The Labute approximate surface area is 114 Å². The summed E-state index contributed by atoms with van der Waals surface area (Å²) in [5.74, 6) is 0.852. The third kappa shape index (κ3) is 5.71. The van der Waals surface area contributed by atoms with Gasteiger partial charge in [0.1, 0.15) is 0 Å². The van der Waals surface area contributed by atoms with Crippen LogP contribution in [0.4, 0.5) is 0 Å². The van der Waals surface area contributed by atoms with Crippen LogP contribution in [-0.2, 0) is 4.74 Å². The van der Waals surface area contributed by atoms with Gasteiger partial charge in [-0.05, 0) is 50.0 Å². The molecule has 1 aliphatic rings. The lowest BCUT2D eigenvalue weighted by Crippen LogP contribution is -2.44. The number of nitrogens with one attached hydrogen (secondary N) is 1. The van der Waals surface area contributed by atoms with E-state index in [4.69, 9.17) is 4.74 Å². The molecule has 0 amide bonds. The molecule has 0 saturated heterocycles. The normalized spacial score (nSPS) is 25.3. The number of ether oxygens (including phenoxy) is 1. The van der Waals surface area contributed by atoms with Crippen molar-refractivity contribution in [3.63, 3.8) is 0 Å². The van der Waals surface area contributed by atoms with Crippen molar-refractivity contribution in [2.45, 2.75) is 71.8 Å². The Morgan fingerprint density at radius 1 is 1.06 bits per heavy atom. The molecular weight excluding hydrogens is 222 g/mol. The predicted molar refractivity (Wildman–Crippen MR) is 78.9 cm³/mol. The summed E-state index contributed by atoms with van der Waals surface area (Å²) in [5, 5.41) is 3.81. The quantitative estimate of drug-likeness (QED) is 0.694. The van der Waals surface area contributed by atoms with E-state index < -0.39 is 0 Å². The number of rotatable bonds is 7. The molecule has 2 unspecified atom stereocenters. The van der Waals surface area contributed by atoms with Crippen molar-refractivity contribution in [3.8, 4) is 0 Å². The molecule has 18 heavy (non-hydrogen) atoms. The van der Waals surface area contributed by atoms with E-state index in [1.165, 1.54) is 51.5 Å². The average Bonchev–Trinajstić information content (AvgIpc) is 2.33. The zero-order chi connectivity index (χ0) is 13.4. The molecule has 0 aromatic carbocycles. The van der Waals surface area contributed by atoms with Gasteiger partial charge in [0, 0.05) is 19.8 Å². The Morgan fingerprint density at radius 2 is 1.78 bits per heavy atom. The van der Waals surface area contributed by atoms with Gasteiger partial charge in [-0.25, -0.2) is 0 Å². The first-order valence-electron chi connectivity index (χ1n) is 7.78. The molecular formula is C16H33NO. The van der Waals surface area contributed by atoms with E-state index in [1.54, 1.807) is 7.11 Å². The van der Waals surface area contributed by atoms with Crippen LogP contribution in [0.5, 0.6) is 0 Å². The van der Waals surface area contributed by atoms with E-state index in [-0.39, 0.29) is 0 Å². The molecule has 1 saturated carbocycles. The fourth-order valence-electron chi connectivity index (χ4n) is 3.25. The maximum Gasteiger partial charge on any atom is 0.0462 e. The van der Waals surface area contributed by atoms with Gasteiger partial charge in [0.25, 0.3) is 0 Å². The second kappa shape index (κ2) is 8.16. The Hall–Kier alpha value is -0.0800. The van der Waals surface area contributed by atoms with E-state index in [0.29, 0.717) is 5.41 Å². The Balaban J connectivity index is 2.21. The molecule has 1 N–H and O–H groups in total. The van der Waals surface area contributed by atoms with Gasteiger partial charge in [-0.15, -0.1) is 0 Å². The molecule has 0 heterocycles. The van der Waals surface area contributed by atoms with Crippen molar-refractivity contribution in [2.24, 2.45) is 11.3 Å². The molecule has 1 fully saturated rings. The van der Waals surface area contributed by atoms with Crippen LogP contribution < -0.4 is 5.32 Å². The number of unbranched alkanes of at least 4 members (excludes halogenated alkanes) is 2. The third-order valence-electron chi connectivity index (χ3n) is 4.31. The van der Waals surface area contributed by atoms with Crippen LogP contribution in [0.15, 0.2) is 0 Å². The van der Waals surface area contributed by atoms with Gasteiger partial charge < -0.3 is 10.1 Å². The topological polar surface area (TPSA) is 21.3 Å². The molecule has 1 rings (SSSR count). The highest BCUT2D eigenvalue weighted by Crippen LogP contribution is 2.37. The minimum atomic E-state index is 0.453. The summed E-state index contributed by atoms with van der Waals surface area (Å²) in [5.41, 5.74) is 0.453. The first-order valence-corrected chi connectivity index (χ1v) is 7.78. The lowest BCUT2D eigenvalue weighted by atomic mass is 9.69. The van der Waals surface area contributed by atoms with Gasteiger partial charge in [-0.2, -0.15) is 0 Å². The van der Waals surface area contributed by atoms with Crippen LogP contribution in [0, 0.1) is 11.3 Å². The van der Waals surface area contributed by atoms with Crippen molar-refractivity contribution in [2.75, 3.05) is 20.3 Å². The fourth-order valence-corrected chi connectivity index (χ4v) is 3.25. The summed E-state index contributed by atoms with van der Waals surface area (Å²) in [7, 11) is 1.79. The molecule has 2 heteroatoms. The summed E-state index contributed by atoms with van der Waals surface area (Å²) in [6.07, 6.45) is 9.39. The van der Waals surface area contributed by atoms with Crippen LogP contribution in [0.1, 0.15) is 65.7 Å². The number of hydrogen-bond donors (Lipinski definition) is 1. The van der Waals surface area contributed by atoms with Crippen molar-refractivity contribution in [1.29, 1.82) is 0 Å². The lowest BCUT2D eigenvalue weighted by Gasteiger charge is -2.41. The van der Waals surface area contributed by atoms with Crippen molar-refractivity contribution < 1.29 is 4.74 Å². The minimum absolute atomic E-state index is 0.453. The molecule has 0 bridgehead atoms. The average molecular weight is 255 g/mol. The zero-order valence-electron chi connectivity index (χ0n) is 12.9. The molecule has 2 atom stereocenters. The van der Waals surface area contributed by atoms with Crippen LogP contribution in [0.3, 0.4) is 0 Å². The monoisotopic (exact) mass is 255 g/mol. The van der Waals surface area contributed by atoms with Gasteiger partial charge >= 0.3 is 0 Å². The lowest BCUT2D eigenvalue weighted by molar-refractivity contribution is 0.130. The summed E-state index contributed by atoms with van der Waals surface area (Å²) in [6, 6.07) is 0.751. The highest BCUT2D eigenvalue weighted by Gasteiger charge is 2.33. The summed E-state index contributed by atoms with van der Waals surface area (Å²) in [6.45, 7) is 9.29. The van der Waals surface area contributed by atoms with Crippen LogP contribution in [0.2, 0.25) is 0 Å². The first kappa shape index (κ1) is 16.0. The Kier molecular flexibility index (Phi) is 7.25. The predicted octanol–water partition coefficient (Wildman–Crippen LogP) is 4.00. The zero-order valence-corrected chi connectivity index (χ0v) is 12.9. The Bertz CT molecular complexity index is 210. The number of hydrogen-bond acceptors (Lipinski definition) is 2. The van der Waals surface area contributed by atoms with Gasteiger partial charge in [0.2, 0.25) is 0 Å². The van der Waals surface area contributed by atoms with E-state index in [2.05, 4.69) is 26.1 Å². The van der Waals surface area contributed by atoms with Crippen LogP contribution in [0.25, 0.3) is 0 Å². The summed E-state index contributed by atoms with van der Waals surface area (Å²) in [4.78, 5) is 0. The maximum atomic E-state index is 5.08. The fraction of sp³-hybridized carbons (Fsp3) is 1.00. The van der Waals surface area contributed by atoms with Gasteiger partial charge in [-0.3, -0.25) is 0 Å². The molecule has 0 aromatic rings. The SMILES string of the molecule is COCCCCCNC1CCCCC1C(C)(C)C. The van der Waals surface area contributed by atoms with Gasteiger partial charge in [0.15, 0.2) is 0 Å². The van der Waals surface area contributed by atoms with Gasteiger partial charge in [-0.1, -0.05) is 33.6 Å². The highest BCUT2D eigenvalue weighted by molar-refractivity contribution is 4.88. The molecule has 0 aromatic heterocycles. The smallest absolute Gasteiger partial charge is 0.0462 e. The molecule has 1 aliphatic carbocycles. The maximum absolute atomic E-state index is 5.08. The number of methoxy groups -OCH3 is 1. The second-order valence-electron chi connectivity index (χ2n) is 6.87. The van der Waals surface area contributed by atoms with Crippen molar-refractivity contribution in [3.05, 3.63) is 0 Å². The third-order valence-corrected chi connectivity index (χ3v) is 4.31. The summed E-state index contributed by atoms with van der Waals surface area (Å²) >= 11 is 0. The largest absolute Gasteiger partial charge is 0.385 e. The van der Waals surface area contributed by atoms with E-state index >= 15 is 0 Å². The highest BCUT2D eigenvalue weighted by atomic mass is 16.5. The molecule has 108 valence electrons. The van der Waals surface area contributed by atoms with Gasteiger partial charge in [0.05, 0.1) is 0 Å². The Morgan fingerprint density at radius 3 is 2.44 bits per heavy atom. The van der Waals surface area contributed by atoms with Crippen LogP contribution >= 0.6 is 0 Å². The standard InChI is InChI=1S/C16H33NO/c1-16(2,3)14-10-6-7-11-15(14)17-12-8-5-9-13-18-4/h14-15,17H,5-13H2,1-4H3. The molecule has 0 radical (unpaired) electrons. The molecule has 0 aliphatic heterocycles. The van der Waals surface area contributed by atoms with E-state index in [1.807, 2.05) is 0 Å².